The molecule has 0 aliphatic rings. The topological polar surface area (TPSA) is 35.2 Å². The van der Waals surface area contributed by atoms with E-state index in [4.69, 9.17) is 10.5 Å². The summed E-state index contributed by atoms with van der Waals surface area (Å²) in [6.45, 7) is 5.55. The molecular weight excluding hydrogens is 242 g/mol. The first-order valence-electron chi connectivity index (χ1n) is 4.74. The maximum atomic E-state index is 5.58. The van der Waals surface area contributed by atoms with Crippen molar-refractivity contribution in [3.8, 4) is 5.75 Å². The molecule has 2 nitrogen and oxygen atoms in total. The van der Waals surface area contributed by atoms with Crippen LogP contribution >= 0.6 is 15.9 Å². The average molecular weight is 258 g/mol. The first-order valence-corrected chi connectivity index (χ1v) is 5.54. The van der Waals surface area contributed by atoms with Gasteiger partial charge in [-0.15, -0.1) is 0 Å². The number of rotatable bonds is 4. The summed E-state index contributed by atoms with van der Waals surface area (Å²) in [7, 11) is 0. The van der Waals surface area contributed by atoms with Crippen molar-refractivity contribution >= 4 is 15.9 Å². The average Bonchev–Trinajstić information content (AvgIpc) is 2.15. The number of hydrogen-bond donors (Lipinski definition) is 1. The molecule has 0 heterocycles. The highest BCUT2D eigenvalue weighted by Gasteiger charge is 2.01. The van der Waals surface area contributed by atoms with Gasteiger partial charge < -0.3 is 10.5 Å². The van der Waals surface area contributed by atoms with E-state index in [0.29, 0.717) is 12.5 Å². The predicted molar refractivity (Wildman–Crippen MR) is 62.4 cm³/mol. The molecule has 0 radical (unpaired) electrons. The van der Waals surface area contributed by atoms with Crippen molar-refractivity contribution in [2.45, 2.75) is 20.4 Å². The van der Waals surface area contributed by atoms with Crippen LogP contribution in [0.25, 0.3) is 0 Å². The predicted octanol–water partition coefficient (Wildman–Crippen LogP) is 2.94. The third-order valence-corrected chi connectivity index (χ3v) is 2.57. The Kier molecular flexibility index (Phi) is 4.42. The number of nitrogens with two attached hydrogens (primary N) is 1. The summed E-state index contributed by atoms with van der Waals surface area (Å²) < 4.78 is 6.59. The molecule has 0 saturated heterocycles. The Bertz CT molecular complexity index is 299. The fourth-order valence-corrected chi connectivity index (χ4v) is 1.57. The summed E-state index contributed by atoms with van der Waals surface area (Å²) in [5, 5.41) is 0. The van der Waals surface area contributed by atoms with Gasteiger partial charge in [0.15, 0.2) is 0 Å². The maximum Gasteiger partial charge on any atom is 0.120 e. The van der Waals surface area contributed by atoms with Gasteiger partial charge in [-0.05, 0) is 23.6 Å². The van der Waals surface area contributed by atoms with E-state index in [2.05, 4.69) is 29.8 Å². The minimum atomic E-state index is 0.544. The molecule has 14 heavy (non-hydrogen) atoms. The summed E-state index contributed by atoms with van der Waals surface area (Å²) in [5.41, 5.74) is 6.65. The fourth-order valence-electron chi connectivity index (χ4n) is 1.05. The highest BCUT2D eigenvalue weighted by molar-refractivity contribution is 9.10. The lowest BCUT2D eigenvalue weighted by atomic mass is 10.2. The molecule has 0 spiro atoms. The van der Waals surface area contributed by atoms with Gasteiger partial charge in [0.05, 0.1) is 6.61 Å². The first-order chi connectivity index (χ1) is 6.63. The molecule has 0 unspecified atom stereocenters. The Balaban J connectivity index is 2.66. The van der Waals surface area contributed by atoms with Crippen LogP contribution in [-0.4, -0.2) is 6.61 Å². The zero-order chi connectivity index (χ0) is 10.6. The van der Waals surface area contributed by atoms with Gasteiger partial charge in [0.25, 0.3) is 0 Å². The third-order valence-electron chi connectivity index (χ3n) is 1.83. The molecule has 3 heteroatoms. The molecule has 0 atom stereocenters. The van der Waals surface area contributed by atoms with Crippen LogP contribution < -0.4 is 10.5 Å². The quantitative estimate of drug-likeness (QED) is 0.901. The zero-order valence-electron chi connectivity index (χ0n) is 8.59. The van der Waals surface area contributed by atoms with Gasteiger partial charge >= 0.3 is 0 Å². The second-order valence-electron chi connectivity index (χ2n) is 3.66. The van der Waals surface area contributed by atoms with Gasteiger partial charge in [0.1, 0.15) is 5.75 Å². The summed E-state index contributed by atoms with van der Waals surface area (Å²) >= 11 is 3.45. The van der Waals surface area contributed by atoms with Gasteiger partial charge in [-0.25, -0.2) is 0 Å². The van der Waals surface area contributed by atoms with Gasteiger partial charge in [0, 0.05) is 11.0 Å². The number of halogens is 1. The Morgan fingerprint density at radius 3 is 2.64 bits per heavy atom. The van der Waals surface area contributed by atoms with Crippen molar-refractivity contribution in [3.05, 3.63) is 28.2 Å². The normalized spacial score (nSPS) is 10.6. The molecule has 1 aromatic rings. The zero-order valence-corrected chi connectivity index (χ0v) is 10.2. The van der Waals surface area contributed by atoms with E-state index in [-0.39, 0.29) is 0 Å². The summed E-state index contributed by atoms with van der Waals surface area (Å²) in [4.78, 5) is 0. The lowest BCUT2D eigenvalue weighted by molar-refractivity contribution is 0.271. The van der Waals surface area contributed by atoms with E-state index >= 15 is 0 Å². The molecule has 0 bridgehead atoms. The first kappa shape index (κ1) is 11.5. The molecular formula is C11H16BrNO. The molecule has 78 valence electrons. The van der Waals surface area contributed by atoms with Crippen molar-refractivity contribution in [3.63, 3.8) is 0 Å². The van der Waals surface area contributed by atoms with Crippen LogP contribution in [0.5, 0.6) is 5.75 Å². The van der Waals surface area contributed by atoms with Crippen LogP contribution in [0.2, 0.25) is 0 Å². The minimum absolute atomic E-state index is 0.544. The van der Waals surface area contributed by atoms with Crippen LogP contribution in [0.3, 0.4) is 0 Å². The van der Waals surface area contributed by atoms with Gasteiger partial charge in [-0.1, -0.05) is 35.8 Å². The smallest absolute Gasteiger partial charge is 0.120 e. The maximum absolute atomic E-state index is 5.58. The lowest BCUT2D eigenvalue weighted by Gasteiger charge is -2.10. The largest absolute Gasteiger partial charge is 0.493 e. The van der Waals surface area contributed by atoms with E-state index in [1.165, 1.54) is 0 Å². The third kappa shape index (κ3) is 3.31. The Labute approximate surface area is 93.6 Å². The monoisotopic (exact) mass is 257 g/mol. The summed E-state index contributed by atoms with van der Waals surface area (Å²) in [6, 6.07) is 5.90. The van der Waals surface area contributed by atoms with E-state index in [1.54, 1.807) is 0 Å². The highest BCUT2D eigenvalue weighted by atomic mass is 79.9. The van der Waals surface area contributed by atoms with Crippen molar-refractivity contribution < 1.29 is 4.74 Å². The van der Waals surface area contributed by atoms with Crippen LogP contribution in [-0.2, 0) is 6.54 Å². The second kappa shape index (κ2) is 5.37. The Hall–Kier alpha value is -0.540. The van der Waals surface area contributed by atoms with Crippen LogP contribution in [0, 0.1) is 5.92 Å². The van der Waals surface area contributed by atoms with E-state index in [0.717, 1.165) is 22.4 Å². The van der Waals surface area contributed by atoms with Crippen molar-refractivity contribution in [2.24, 2.45) is 11.7 Å². The molecule has 0 amide bonds. The lowest BCUT2D eigenvalue weighted by Crippen LogP contribution is -2.05. The van der Waals surface area contributed by atoms with Crippen molar-refractivity contribution in [1.82, 2.24) is 0 Å². The molecule has 0 saturated carbocycles. The molecule has 0 fully saturated rings. The van der Waals surface area contributed by atoms with Crippen molar-refractivity contribution in [2.75, 3.05) is 6.61 Å². The number of benzene rings is 1. The van der Waals surface area contributed by atoms with Crippen molar-refractivity contribution in [1.29, 1.82) is 0 Å². The van der Waals surface area contributed by atoms with E-state index in [9.17, 15) is 0 Å². The molecule has 0 aliphatic heterocycles. The molecule has 2 N–H and O–H groups in total. The number of ether oxygens (including phenoxy) is 1. The fraction of sp³-hybridized carbons (Fsp3) is 0.455. The molecule has 0 aliphatic carbocycles. The van der Waals surface area contributed by atoms with Crippen LogP contribution in [0.15, 0.2) is 22.7 Å². The molecule has 0 aromatic heterocycles. The van der Waals surface area contributed by atoms with E-state index in [1.807, 2.05) is 18.2 Å². The van der Waals surface area contributed by atoms with Crippen LogP contribution in [0.4, 0.5) is 0 Å². The summed E-state index contributed by atoms with van der Waals surface area (Å²) in [6.07, 6.45) is 0. The number of hydrogen-bond acceptors (Lipinski definition) is 2. The van der Waals surface area contributed by atoms with Gasteiger partial charge in [0.2, 0.25) is 0 Å². The Morgan fingerprint density at radius 1 is 1.43 bits per heavy atom. The second-order valence-corrected chi connectivity index (χ2v) is 4.52. The Morgan fingerprint density at radius 2 is 2.14 bits per heavy atom. The standard InChI is InChI=1S/C11H16BrNO/c1-8(2)7-14-10-4-3-9(6-13)11(12)5-10/h3-5,8H,6-7,13H2,1-2H3. The highest BCUT2D eigenvalue weighted by Crippen LogP contribution is 2.23. The molecule has 1 aromatic carbocycles. The van der Waals surface area contributed by atoms with Crippen LogP contribution in [0.1, 0.15) is 19.4 Å². The van der Waals surface area contributed by atoms with E-state index < -0.39 is 0 Å². The molecule has 1 rings (SSSR count). The van der Waals surface area contributed by atoms with Gasteiger partial charge in [-0.3, -0.25) is 0 Å². The van der Waals surface area contributed by atoms with Gasteiger partial charge in [-0.2, -0.15) is 0 Å². The SMILES string of the molecule is CC(C)COc1ccc(CN)c(Br)c1. The minimum Gasteiger partial charge on any atom is -0.493 e. The summed E-state index contributed by atoms with van der Waals surface area (Å²) in [5.74, 6) is 1.44.